The molecule has 1 aromatic heterocycles. The van der Waals surface area contributed by atoms with Crippen molar-refractivity contribution in [3.8, 4) is 0 Å². The van der Waals surface area contributed by atoms with Crippen molar-refractivity contribution in [2.75, 3.05) is 38.2 Å². The van der Waals surface area contributed by atoms with Gasteiger partial charge in [0.05, 0.1) is 18.1 Å². The van der Waals surface area contributed by atoms with Crippen molar-refractivity contribution in [2.45, 2.75) is 36.9 Å². The number of carbonyl (C=O) groups excluding carboxylic acids is 1. The molecule has 1 saturated heterocycles. The van der Waals surface area contributed by atoms with Gasteiger partial charge in [-0.3, -0.25) is 4.79 Å². The molecule has 0 bridgehead atoms. The molecule has 0 radical (unpaired) electrons. The maximum absolute atomic E-state index is 12.3. The van der Waals surface area contributed by atoms with E-state index in [0.717, 1.165) is 12.8 Å². The van der Waals surface area contributed by atoms with Gasteiger partial charge < -0.3 is 4.90 Å². The highest BCUT2D eigenvalue weighted by atomic mass is 32.2. The van der Waals surface area contributed by atoms with E-state index in [2.05, 4.69) is 15.5 Å². The van der Waals surface area contributed by atoms with Gasteiger partial charge in [-0.2, -0.15) is 4.31 Å². The minimum absolute atomic E-state index is 0.00544. The molecule has 1 aliphatic heterocycles. The number of sulfonamides is 1. The van der Waals surface area contributed by atoms with Gasteiger partial charge in [0.1, 0.15) is 0 Å². The second kappa shape index (κ2) is 7.36. The van der Waals surface area contributed by atoms with Crippen LogP contribution in [0, 0.1) is 0 Å². The molecule has 0 spiro atoms. The number of hydrogen-bond acceptors (Lipinski definition) is 7. The summed E-state index contributed by atoms with van der Waals surface area (Å²) in [5.74, 6) is 0.264. The average molecular weight is 374 g/mol. The quantitative estimate of drug-likeness (QED) is 0.668. The summed E-state index contributed by atoms with van der Waals surface area (Å²) in [7, 11) is -3.18. The van der Waals surface area contributed by atoms with Crippen LogP contribution in [0.25, 0.3) is 0 Å². The Labute approximate surface area is 145 Å². The Morgan fingerprint density at radius 3 is 2.50 bits per heavy atom. The first-order valence-electron chi connectivity index (χ1n) is 8.09. The third-order valence-electron chi connectivity index (χ3n) is 4.52. The predicted molar refractivity (Wildman–Crippen MR) is 89.0 cm³/mol. The third kappa shape index (κ3) is 4.06. The number of nitrogens with zero attached hydrogens (tertiary/aromatic N) is 6. The molecule has 11 heteroatoms. The van der Waals surface area contributed by atoms with E-state index in [1.165, 1.54) is 35.2 Å². The summed E-state index contributed by atoms with van der Waals surface area (Å²) in [6.45, 7) is 1.57. The highest BCUT2D eigenvalue weighted by Gasteiger charge is 2.27. The van der Waals surface area contributed by atoms with Gasteiger partial charge in [-0.15, -0.1) is 5.10 Å². The number of aromatic nitrogens is 4. The van der Waals surface area contributed by atoms with Gasteiger partial charge in [0.25, 0.3) is 0 Å². The smallest absolute Gasteiger partial charge is 0.233 e. The summed E-state index contributed by atoms with van der Waals surface area (Å²) in [5.41, 5.74) is 0. The molecule has 2 aliphatic rings. The average Bonchev–Trinajstić information content (AvgIpc) is 3.22. The molecule has 1 aromatic rings. The molecule has 0 aromatic carbocycles. The molecule has 1 aliphatic carbocycles. The van der Waals surface area contributed by atoms with E-state index in [-0.39, 0.29) is 11.7 Å². The zero-order chi connectivity index (χ0) is 17.2. The Morgan fingerprint density at radius 2 is 1.88 bits per heavy atom. The minimum Gasteiger partial charge on any atom is -0.339 e. The van der Waals surface area contributed by atoms with Gasteiger partial charge in [0, 0.05) is 26.2 Å². The highest BCUT2D eigenvalue weighted by molar-refractivity contribution is 7.99. The lowest BCUT2D eigenvalue weighted by Crippen LogP contribution is -2.50. The van der Waals surface area contributed by atoms with Crippen LogP contribution in [0.5, 0.6) is 0 Å². The maximum atomic E-state index is 12.3. The topological polar surface area (TPSA) is 101 Å². The zero-order valence-corrected chi connectivity index (χ0v) is 15.3. The molecular weight excluding hydrogens is 352 g/mol. The van der Waals surface area contributed by atoms with Crippen molar-refractivity contribution < 1.29 is 13.2 Å². The summed E-state index contributed by atoms with van der Waals surface area (Å²) >= 11 is 1.35. The van der Waals surface area contributed by atoms with Crippen LogP contribution < -0.4 is 0 Å². The molecular formula is C13H22N6O3S2. The van der Waals surface area contributed by atoms with Gasteiger partial charge in [-0.05, 0) is 23.3 Å². The Morgan fingerprint density at radius 1 is 1.21 bits per heavy atom. The Hall–Kier alpha value is -1.20. The molecule has 0 atom stereocenters. The van der Waals surface area contributed by atoms with E-state index < -0.39 is 10.0 Å². The van der Waals surface area contributed by atoms with Gasteiger partial charge in [0.15, 0.2) is 0 Å². The van der Waals surface area contributed by atoms with Crippen LogP contribution >= 0.6 is 11.8 Å². The predicted octanol–water partition coefficient (Wildman–Crippen LogP) is -0.0159. The zero-order valence-electron chi connectivity index (χ0n) is 13.7. The van der Waals surface area contributed by atoms with Crippen LogP contribution in [0.15, 0.2) is 5.16 Å². The van der Waals surface area contributed by atoms with E-state index >= 15 is 0 Å². The maximum Gasteiger partial charge on any atom is 0.233 e. The molecule has 2 heterocycles. The fourth-order valence-corrected chi connectivity index (χ4v) is 4.82. The van der Waals surface area contributed by atoms with Crippen molar-refractivity contribution in [1.29, 1.82) is 0 Å². The lowest BCUT2D eigenvalue weighted by molar-refractivity contribution is -0.129. The summed E-state index contributed by atoms with van der Waals surface area (Å²) in [5, 5.41) is 12.5. The van der Waals surface area contributed by atoms with Gasteiger partial charge >= 0.3 is 0 Å². The number of hydrogen-bond donors (Lipinski definition) is 0. The summed E-state index contributed by atoms with van der Waals surface area (Å²) < 4.78 is 26.2. The number of tetrazole rings is 1. The standard InChI is InChI=1S/C13H22N6O3S2/c1-24(21,22)18-8-6-17(7-9-18)12(20)10-23-13-14-15-16-19(13)11-4-2-3-5-11/h11H,2-10H2,1H3. The van der Waals surface area contributed by atoms with Crippen LogP contribution in [-0.2, 0) is 14.8 Å². The summed E-state index contributed by atoms with van der Waals surface area (Å²) in [6.07, 6.45) is 5.75. The SMILES string of the molecule is CS(=O)(=O)N1CCN(C(=O)CSc2nnnn2C2CCCC2)CC1. The van der Waals surface area contributed by atoms with E-state index in [0.29, 0.717) is 37.4 Å². The highest BCUT2D eigenvalue weighted by Crippen LogP contribution is 2.31. The molecule has 0 N–H and O–H groups in total. The first-order chi connectivity index (χ1) is 11.4. The number of piperazine rings is 1. The molecule has 9 nitrogen and oxygen atoms in total. The van der Waals surface area contributed by atoms with Crippen LogP contribution in [-0.4, -0.2) is 81.9 Å². The molecule has 0 unspecified atom stereocenters. The monoisotopic (exact) mass is 374 g/mol. The van der Waals surface area contributed by atoms with E-state index in [4.69, 9.17) is 0 Å². The lowest BCUT2D eigenvalue weighted by Gasteiger charge is -2.33. The molecule has 3 rings (SSSR count). The summed E-state index contributed by atoms with van der Waals surface area (Å²) in [4.78, 5) is 14.0. The molecule has 24 heavy (non-hydrogen) atoms. The van der Waals surface area contributed by atoms with Crippen molar-refractivity contribution >= 4 is 27.7 Å². The summed E-state index contributed by atoms with van der Waals surface area (Å²) in [6, 6.07) is 0.343. The molecule has 1 saturated carbocycles. The lowest BCUT2D eigenvalue weighted by atomic mass is 10.3. The first-order valence-corrected chi connectivity index (χ1v) is 10.9. The second-order valence-corrected chi connectivity index (χ2v) is 9.10. The Kier molecular flexibility index (Phi) is 5.40. The van der Waals surface area contributed by atoms with Crippen molar-refractivity contribution in [1.82, 2.24) is 29.4 Å². The fraction of sp³-hybridized carbons (Fsp3) is 0.846. The van der Waals surface area contributed by atoms with Crippen LogP contribution in [0.4, 0.5) is 0 Å². The van der Waals surface area contributed by atoms with Crippen LogP contribution in [0.1, 0.15) is 31.7 Å². The fourth-order valence-electron chi connectivity index (χ4n) is 3.15. The van der Waals surface area contributed by atoms with Crippen LogP contribution in [0.3, 0.4) is 0 Å². The van der Waals surface area contributed by atoms with Crippen molar-refractivity contribution in [3.05, 3.63) is 0 Å². The van der Waals surface area contributed by atoms with Crippen molar-refractivity contribution in [3.63, 3.8) is 0 Å². The molecule has 134 valence electrons. The van der Waals surface area contributed by atoms with Gasteiger partial charge in [-0.1, -0.05) is 24.6 Å². The van der Waals surface area contributed by atoms with Gasteiger partial charge in [0.2, 0.25) is 21.1 Å². The Bertz CT molecular complexity index is 678. The number of amides is 1. The molecule has 2 fully saturated rings. The minimum atomic E-state index is -3.18. The number of rotatable bonds is 5. The first kappa shape index (κ1) is 17.6. The molecule has 1 amide bonds. The number of carbonyl (C=O) groups is 1. The normalized spacial score (nSPS) is 20.6. The van der Waals surface area contributed by atoms with Gasteiger partial charge in [-0.25, -0.2) is 13.1 Å². The van der Waals surface area contributed by atoms with E-state index in [1.807, 2.05) is 4.68 Å². The second-order valence-electron chi connectivity index (χ2n) is 6.18. The van der Waals surface area contributed by atoms with Crippen molar-refractivity contribution in [2.24, 2.45) is 0 Å². The third-order valence-corrected chi connectivity index (χ3v) is 6.74. The van der Waals surface area contributed by atoms with Crippen LogP contribution in [0.2, 0.25) is 0 Å². The Balaban J connectivity index is 1.51. The number of thioether (sulfide) groups is 1. The van der Waals surface area contributed by atoms with E-state index in [9.17, 15) is 13.2 Å². The largest absolute Gasteiger partial charge is 0.339 e. The van der Waals surface area contributed by atoms with E-state index in [1.54, 1.807) is 4.90 Å².